The van der Waals surface area contributed by atoms with E-state index in [2.05, 4.69) is 0 Å². The van der Waals surface area contributed by atoms with E-state index in [1.807, 2.05) is 16.5 Å². The first-order valence-corrected chi connectivity index (χ1v) is 7.44. The Bertz CT molecular complexity index is 669. The van der Waals surface area contributed by atoms with Crippen molar-refractivity contribution in [2.75, 3.05) is 6.54 Å². The summed E-state index contributed by atoms with van der Waals surface area (Å²) in [5.74, 6) is -1.26. The van der Waals surface area contributed by atoms with Gasteiger partial charge in [-0.05, 0) is 24.3 Å². The summed E-state index contributed by atoms with van der Waals surface area (Å²) in [6, 6.07) is 0. The molecule has 0 saturated heterocycles. The smallest absolute Gasteiger partial charge is 0.303 e. The number of rotatable bonds is 7. The molecule has 0 unspecified atom stereocenters. The van der Waals surface area contributed by atoms with Gasteiger partial charge >= 0.3 is 5.97 Å². The maximum atomic E-state index is 11.3. The van der Waals surface area contributed by atoms with Crippen LogP contribution in [-0.4, -0.2) is 27.6 Å². The second-order valence-corrected chi connectivity index (χ2v) is 5.63. The third-order valence-electron chi connectivity index (χ3n) is 3.19. The largest absolute Gasteiger partial charge is 0.504 e. The molecule has 0 fully saturated rings. The predicted octanol–water partition coefficient (Wildman–Crippen LogP) is 1.45. The standard InChI is InChI=1S/C14H15NO5S/c16-11(17)4-2-1-3-5-15-6-7-21-10(15)8-9-12(18)14(20)13(9)19/h6-8,18H,1-5H2,(H,16,17)/b10-8+. The normalized spacial score (nSPS) is 16.2. The van der Waals surface area contributed by atoms with Crippen molar-refractivity contribution < 1.29 is 15.0 Å². The van der Waals surface area contributed by atoms with E-state index in [0.717, 1.165) is 17.9 Å². The number of hydrogen-bond donors (Lipinski definition) is 2. The molecule has 2 N–H and O–H groups in total. The maximum absolute atomic E-state index is 11.3. The fraction of sp³-hybridized carbons (Fsp3) is 0.357. The number of hydrogen-bond acceptors (Lipinski definition) is 6. The van der Waals surface area contributed by atoms with Gasteiger partial charge in [0.05, 0.1) is 10.6 Å². The number of aromatic hydroxyl groups is 1. The van der Waals surface area contributed by atoms with E-state index in [9.17, 15) is 19.5 Å². The number of carboxylic acids is 1. The van der Waals surface area contributed by atoms with Crippen LogP contribution in [0.3, 0.4) is 0 Å². The molecule has 1 aliphatic rings. The van der Waals surface area contributed by atoms with Crippen molar-refractivity contribution in [3.8, 4) is 5.75 Å². The highest BCUT2D eigenvalue weighted by Crippen LogP contribution is 2.31. The highest BCUT2D eigenvalue weighted by molar-refractivity contribution is 8.06. The zero-order valence-electron chi connectivity index (χ0n) is 11.2. The van der Waals surface area contributed by atoms with Gasteiger partial charge in [0, 0.05) is 19.2 Å². The quantitative estimate of drug-likeness (QED) is 0.581. The Hall–Kier alpha value is -2.02. The molecule has 0 bridgehead atoms. The third kappa shape index (κ3) is 3.55. The minimum Gasteiger partial charge on any atom is -0.504 e. The predicted molar refractivity (Wildman–Crippen MR) is 80.5 cm³/mol. The van der Waals surface area contributed by atoms with Gasteiger partial charge in [0.2, 0.25) is 5.43 Å². The van der Waals surface area contributed by atoms with Crippen LogP contribution in [0.25, 0.3) is 6.08 Å². The van der Waals surface area contributed by atoms with Crippen molar-refractivity contribution in [2.24, 2.45) is 0 Å². The van der Waals surface area contributed by atoms with E-state index in [-0.39, 0.29) is 12.0 Å². The van der Waals surface area contributed by atoms with Crippen LogP contribution in [0, 0.1) is 0 Å². The zero-order valence-corrected chi connectivity index (χ0v) is 12.1. The van der Waals surface area contributed by atoms with Crippen LogP contribution in [0.5, 0.6) is 5.75 Å². The molecule has 0 saturated carbocycles. The lowest BCUT2D eigenvalue weighted by molar-refractivity contribution is -0.137. The van der Waals surface area contributed by atoms with Crippen LogP contribution in [0.4, 0.5) is 0 Å². The molecule has 112 valence electrons. The van der Waals surface area contributed by atoms with Crippen LogP contribution < -0.4 is 10.9 Å². The molecule has 1 heterocycles. The van der Waals surface area contributed by atoms with Crippen molar-refractivity contribution >= 4 is 23.8 Å². The van der Waals surface area contributed by atoms with Gasteiger partial charge in [0.25, 0.3) is 5.43 Å². The molecule has 1 aromatic rings. The number of aliphatic carboxylic acids is 1. The molecule has 0 spiro atoms. The molecule has 0 aliphatic carbocycles. The summed E-state index contributed by atoms with van der Waals surface area (Å²) in [6.45, 7) is 0.700. The van der Waals surface area contributed by atoms with Crippen LogP contribution in [0.2, 0.25) is 0 Å². The summed E-state index contributed by atoms with van der Waals surface area (Å²) in [5.41, 5.74) is -1.44. The second kappa shape index (κ2) is 6.62. The molecular formula is C14H15NO5S. The minimum atomic E-state index is -0.835. The Kier molecular flexibility index (Phi) is 4.85. The van der Waals surface area contributed by atoms with Crippen molar-refractivity contribution in [1.82, 2.24) is 4.90 Å². The highest BCUT2D eigenvalue weighted by Gasteiger charge is 2.21. The Morgan fingerprint density at radius 3 is 2.67 bits per heavy atom. The first-order chi connectivity index (χ1) is 10.0. The molecule has 1 aliphatic heterocycles. The van der Waals surface area contributed by atoms with Crippen LogP contribution in [-0.2, 0) is 4.79 Å². The van der Waals surface area contributed by atoms with E-state index in [0.29, 0.717) is 13.0 Å². The zero-order chi connectivity index (χ0) is 15.4. The molecule has 1 aromatic carbocycles. The molecule has 0 amide bonds. The first kappa shape index (κ1) is 15.4. The Labute approximate surface area is 125 Å². The van der Waals surface area contributed by atoms with E-state index in [4.69, 9.17) is 5.11 Å². The van der Waals surface area contributed by atoms with E-state index < -0.39 is 22.6 Å². The molecule has 0 radical (unpaired) electrons. The van der Waals surface area contributed by atoms with E-state index in [1.165, 1.54) is 17.8 Å². The summed E-state index contributed by atoms with van der Waals surface area (Å²) in [5, 5.41) is 20.5. The Balaban J connectivity index is 1.89. The molecular weight excluding hydrogens is 294 g/mol. The molecule has 2 rings (SSSR count). The lowest BCUT2D eigenvalue weighted by Gasteiger charge is -2.17. The summed E-state index contributed by atoms with van der Waals surface area (Å²) in [7, 11) is 0. The molecule has 21 heavy (non-hydrogen) atoms. The summed E-state index contributed by atoms with van der Waals surface area (Å²) >= 11 is 1.41. The number of nitrogens with zero attached hydrogens (tertiary/aromatic N) is 1. The molecule has 0 atom stereocenters. The van der Waals surface area contributed by atoms with Gasteiger partial charge in [-0.1, -0.05) is 18.2 Å². The van der Waals surface area contributed by atoms with Crippen molar-refractivity contribution in [2.45, 2.75) is 25.7 Å². The van der Waals surface area contributed by atoms with E-state index >= 15 is 0 Å². The van der Waals surface area contributed by atoms with Gasteiger partial charge in [-0.25, -0.2) is 0 Å². The Morgan fingerprint density at radius 2 is 2.00 bits per heavy atom. The number of carbonyl (C=O) groups is 1. The molecule has 6 nitrogen and oxygen atoms in total. The van der Waals surface area contributed by atoms with Crippen LogP contribution in [0.15, 0.2) is 26.2 Å². The van der Waals surface area contributed by atoms with Gasteiger partial charge in [-0.15, -0.1) is 0 Å². The van der Waals surface area contributed by atoms with Crippen LogP contribution >= 0.6 is 11.8 Å². The Morgan fingerprint density at radius 1 is 1.24 bits per heavy atom. The highest BCUT2D eigenvalue weighted by atomic mass is 32.2. The second-order valence-electron chi connectivity index (χ2n) is 4.70. The number of thioether (sulfide) groups is 1. The summed E-state index contributed by atoms with van der Waals surface area (Å²) in [4.78, 5) is 34.6. The minimum absolute atomic E-state index is 0.0575. The van der Waals surface area contributed by atoms with Crippen molar-refractivity contribution in [1.29, 1.82) is 0 Å². The van der Waals surface area contributed by atoms with Crippen LogP contribution in [0.1, 0.15) is 31.2 Å². The van der Waals surface area contributed by atoms with Gasteiger partial charge in [0.15, 0.2) is 5.75 Å². The third-order valence-corrected chi connectivity index (χ3v) is 4.04. The monoisotopic (exact) mass is 309 g/mol. The average molecular weight is 309 g/mol. The van der Waals surface area contributed by atoms with Gasteiger partial charge in [-0.3, -0.25) is 14.4 Å². The maximum Gasteiger partial charge on any atom is 0.303 e. The average Bonchev–Trinajstić information content (AvgIpc) is 2.90. The fourth-order valence-electron chi connectivity index (χ4n) is 2.01. The van der Waals surface area contributed by atoms with Crippen molar-refractivity contribution in [3.05, 3.63) is 42.6 Å². The fourth-order valence-corrected chi connectivity index (χ4v) is 2.83. The first-order valence-electron chi connectivity index (χ1n) is 6.56. The SMILES string of the molecule is O=C(O)CCCCCN1C=CS/C1=C/c1c(O)c(=O)c1=O. The lowest BCUT2D eigenvalue weighted by atomic mass is 10.1. The van der Waals surface area contributed by atoms with E-state index in [1.54, 1.807) is 0 Å². The van der Waals surface area contributed by atoms with Crippen molar-refractivity contribution in [3.63, 3.8) is 0 Å². The number of unbranched alkanes of at least 4 members (excludes halogenated alkanes) is 2. The molecule has 0 aromatic heterocycles. The van der Waals surface area contributed by atoms with Gasteiger partial charge in [-0.2, -0.15) is 0 Å². The molecule has 7 heteroatoms. The summed E-state index contributed by atoms with van der Waals surface area (Å²) < 4.78 is 0. The van der Waals surface area contributed by atoms with Gasteiger partial charge < -0.3 is 15.1 Å². The lowest BCUT2D eigenvalue weighted by Crippen LogP contribution is -2.32. The number of carboxylic acid groups (broad SMARTS) is 1. The summed E-state index contributed by atoms with van der Waals surface area (Å²) in [6.07, 6.45) is 5.81. The topological polar surface area (TPSA) is 94.9 Å². The van der Waals surface area contributed by atoms with Gasteiger partial charge in [0.1, 0.15) is 0 Å².